The second-order valence-corrected chi connectivity index (χ2v) is 8.32. The minimum atomic E-state index is -0.181. The van der Waals surface area contributed by atoms with E-state index >= 15 is 0 Å². The quantitative estimate of drug-likeness (QED) is 0.641. The fraction of sp³-hybridized carbons (Fsp3) is 0.292. The van der Waals surface area contributed by atoms with Gasteiger partial charge in [-0.3, -0.25) is 4.79 Å². The molecule has 3 aromatic rings. The number of carbonyl (C=O) groups is 1. The number of hydrogen-bond acceptors (Lipinski definition) is 3. The van der Waals surface area contributed by atoms with Gasteiger partial charge < -0.3 is 19.5 Å². The summed E-state index contributed by atoms with van der Waals surface area (Å²) in [4.78, 5) is 15.0. The number of nitrogens with one attached hydrogen (secondary N) is 1. The van der Waals surface area contributed by atoms with Crippen LogP contribution in [0.2, 0.25) is 5.02 Å². The molecule has 0 radical (unpaired) electrons. The Morgan fingerprint density at radius 3 is 2.63 bits per heavy atom. The maximum Gasteiger partial charge on any atom is 0.253 e. The second kappa shape index (κ2) is 7.40. The lowest BCUT2D eigenvalue weighted by Gasteiger charge is -2.46. The van der Waals surface area contributed by atoms with E-state index in [1.807, 2.05) is 54.3 Å². The van der Waals surface area contributed by atoms with Gasteiger partial charge in [-0.15, -0.1) is 0 Å². The first-order valence-electron chi connectivity index (χ1n) is 10.4. The number of rotatable bonds is 3. The second-order valence-electron chi connectivity index (χ2n) is 7.88. The maximum atomic E-state index is 13.0. The summed E-state index contributed by atoms with van der Waals surface area (Å²) in [5.74, 6) is 0.865. The molecule has 0 aliphatic carbocycles. The van der Waals surface area contributed by atoms with E-state index < -0.39 is 0 Å². The molecule has 6 heteroatoms. The van der Waals surface area contributed by atoms with E-state index in [1.54, 1.807) is 0 Å². The van der Waals surface area contributed by atoms with Crippen molar-refractivity contribution < 1.29 is 9.53 Å². The van der Waals surface area contributed by atoms with Crippen molar-refractivity contribution in [2.45, 2.75) is 25.3 Å². The van der Waals surface area contributed by atoms with Crippen molar-refractivity contribution in [3.05, 3.63) is 77.1 Å². The Morgan fingerprint density at radius 2 is 1.90 bits per heavy atom. The molecular weight excluding hydrogens is 398 g/mol. The fourth-order valence-corrected chi connectivity index (χ4v) is 4.79. The Hall–Kier alpha value is -2.92. The number of carbonyl (C=O) groups excluding carboxylic acids is 1. The van der Waals surface area contributed by atoms with Gasteiger partial charge in [0.25, 0.3) is 5.91 Å². The lowest BCUT2D eigenvalue weighted by Crippen LogP contribution is -2.51. The van der Waals surface area contributed by atoms with Gasteiger partial charge in [-0.2, -0.15) is 0 Å². The SMILES string of the molecule is CCOc1ccc(C(=O)N2CCC3(CC2)Nc2ccc(Cl)cc2-n2cccc23)cc1. The minimum absolute atomic E-state index is 0.0753. The van der Waals surface area contributed by atoms with Gasteiger partial charge in [-0.25, -0.2) is 0 Å². The van der Waals surface area contributed by atoms with Gasteiger partial charge in [0.1, 0.15) is 5.75 Å². The third-order valence-electron chi connectivity index (χ3n) is 6.15. The van der Waals surface area contributed by atoms with Crippen LogP contribution in [0, 0.1) is 0 Å². The van der Waals surface area contributed by atoms with E-state index in [9.17, 15) is 4.79 Å². The molecule has 1 saturated heterocycles. The number of likely N-dealkylation sites (tertiary alicyclic amines) is 1. The number of ether oxygens (including phenoxy) is 1. The molecule has 1 amide bonds. The Bertz CT molecular complexity index is 1080. The van der Waals surface area contributed by atoms with Gasteiger partial charge >= 0.3 is 0 Å². The number of anilines is 1. The number of hydrogen-bond donors (Lipinski definition) is 1. The van der Waals surface area contributed by atoms with Gasteiger partial charge in [-0.05, 0) is 74.4 Å². The first kappa shape index (κ1) is 19.1. The summed E-state index contributed by atoms with van der Waals surface area (Å²) >= 11 is 6.23. The lowest BCUT2D eigenvalue weighted by molar-refractivity contribution is 0.0676. The van der Waals surface area contributed by atoms with Gasteiger partial charge in [0, 0.05) is 35.6 Å². The average Bonchev–Trinajstić information content (AvgIpc) is 3.27. The molecule has 0 saturated carbocycles. The number of nitrogens with zero attached hydrogens (tertiary/aromatic N) is 2. The molecule has 1 fully saturated rings. The third kappa shape index (κ3) is 3.14. The summed E-state index contributed by atoms with van der Waals surface area (Å²) in [6.45, 7) is 3.97. The molecule has 2 aliphatic rings. The molecule has 2 aromatic carbocycles. The monoisotopic (exact) mass is 421 g/mol. The van der Waals surface area contributed by atoms with Crippen LogP contribution in [0.1, 0.15) is 35.8 Å². The smallest absolute Gasteiger partial charge is 0.253 e. The van der Waals surface area contributed by atoms with Gasteiger partial charge in [0.2, 0.25) is 0 Å². The van der Waals surface area contributed by atoms with E-state index in [4.69, 9.17) is 16.3 Å². The standard InChI is InChI=1S/C24H24ClN3O2/c1-2-30-19-8-5-17(6-9-19)23(29)27-14-11-24(12-15-27)22-4-3-13-28(22)21-16-18(25)7-10-20(21)26-24/h3-10,13,16,26H,2,11-12,14-15H2,1H3. The van der Waals surface area contributed by atoms with Gasteiger partial charge in [-0.1, -0.05) is 11.6 Å². The topological polar surface area (TPSA) is 46.5 Å². The summed E-state index contributed by atoms with van der Waals surface area (Å²) < 4.78 is 7.70. The largest absolute Gasteiger partial charge is 0.494 e. The first-order chi connectivity index (χ1) is 14.6. The molecule has 5 rings (SSSR count). The number of aromatic nitrogens is 1. The predicted molar refractivity (Wildman–Crippen MR) is 119 cm³/mol. The van der Waals surface area contributed by atoms with E-state index in [-0.39, 0.29) is 11.4 Å². The molecule has 154 valence electrons. The van der Waals surface area contributed by atoms with Crippen LogP contribution in [0.3, 0.4) is 0 Å². The van der Waals surface area contributed by atoms with Crippen LogP contribution >= 0.6 is 11.6 Å². The van der Waals surface area contributed by atoms with E-state index in [1.165, 1.54) is 5.69 Å². The summed E-state index contributed by atoms with van der Waals surface area (Å²) in [6.07, 6.45) is 3.79. The lowest BCUT2D eigenvalue weighted by atomic mass is 9.82. The molecule has 1 N–H and O–H groups in total. The van der Waals surface area contributed by atoms with Crippen LogP contribution in [0.25, 0.3) is 5.69 Å². The predicted octanol–water partition coefficient (Wildman–Crippen LogP) is 5.09. The fourth-order valence-electron chi connectivity index (χ4n) is 4.63. The summed E-state index contributed by atoms with van der Waals surface area (Å²) in [6, 6.07) is 17.6. The maximum absolute atomic E-state index is 13.0. The van der Waals surface area contributed by atoms with Gasteiger partial charge in [0.05, 0.1) is 23.5 Å². The number of benzene rings is 2. The Kier molecular flexibility index (Phi) is 4.70. The van der Waals surface area contributed by atoms with Crippen LogP contribution < -0.4 is 10.1 Å². The highest BCUT2D eigenvalue weighted by atomic mass is 35.5. The van der Waals surface area contributed by atoms with Crippen molar-refractivity contribution >= 4 is 23.2 Å². The Balaban J connectivity index is 1.35. The third-order valence-corrected chi connectivity index (χ3v) is 6.38. The normalized spacial score (nSPS) is 16.5. The van der Waals surface area contributed by atoms with Crippen molar-refractivity contribution in [2.24, 2.45) is 0 Å². The van der Waals surface area contributed by atoms with Crippen molar-refractivity contribution in [3.63, 3.8) is 0 Å². The zero-order valence-electron chi connectivity index (χ0n) is 16.9. The van der Waals surface area contributed by atoms with Crippen LogP contribution in [0.5, 0.6) is 5.75 Å². The van der Waals surface area contributed by atoms with Crippen LogP contribution in [0.4, 0.5) is 5.69 Å². The minimum Gasteiger partial charge on any atom is -0.494 e. The zero-order chi connectivity index (χ0) is 20.7. The van der Waals surface area contributed by atoms with Crippen LogP contribution in [-0.4, -0.2) is 35.1 Å². The molecular formula is C24H24ClN3O2. The number of halogens is 1. The van der Waals surface area contributed by atoms with Crippen molar-refractivity contribution in [1.82, 2.24) is 9.47 Å². The molecule has 5 nitrogen and oxygen atoms in total. The highest BCUT2D eigenvalue weighted by Crippen LogP contribution is 2.44. The van der Waals surface area contributed by atoms with E-state index in [0.717, 1.165) is 35.0 Å². The van der Waals surface area contributed by atoms with E-state index in [0.29, 0.717) is 25.3 Å². The highest BCUT2D eigenvalue weighted by molar-refractivity contribution is 6.30. The summed E-state index contributed by atoms with van der Waals surface area (Å²) in [5, 5.41) is 4.49. The number of fused-ring (bicyclic) bond motifs is 4. The molecule has 2 aliphatic heterocycles. The number of piperidine rings is 1. The van der Waals surface area contributed by atoms with Crippen molar-refractivity contribution in [1.29, 1.82) is 0 Å². The zero-order valence-corrected chi connectivity index (χ0v) is 17.7. The van der Waals surface area contributed by atoms with Crippen LogP contribution in [0.15, 0.2) is 60.8 Å². The molecule has 0 bridgehead atoms. The molecule has 0 atom stereocenters. The van der Waals surface area contributed by atoms with Crippen molar-refractivity contribution in [3.8, 4) is 11.4 Å². The molecule has 3 heterocycles. The summed E-state index contributed by atoms with van der Waals surface area (Å²) in [5.41, 5.74) is 3.90. The van der Waals surface area contributed by atoms with Crippen molar-refractivity contribution in [2.75, 3.05) is 25.0 Å². The van der Waals surface area contributed by atoms with E-state index in [2.05, 4.69) is 28.2 Å². The van der Waals surface area contributed by atoms with Crippen LogP contribution in [-0.2, 0) is 5.54 Å². The summed E-state index contributed by atoms with van der Waals surface area (Å²) in [7, 11) is 0. The Morgan fingerprint density at radius 1 is 1.13 bits per heavy atom. The van der Waals surface area contributed by atoms with Gasteiger partial charge in [0.15, 0.2) is 0 Å². The average molecular weight is 422 g/mol. The number of amides is 1. The molecule has 0 unspecified atom stereocenters. The molecule has 30 heavy (non-hydrogen) atoms. The highest BCUT2D eigenvalue weighted by Gasteiger charge is 2.42. The molecule has 1 spiro atoms. The first-order valence-corrected chi connectivity index (χ1v) is 10.8. The molecule has 1 aromatic heterocycles. The Labute approximate surface area is 181 Å².